The van der Waals surface area contributed by atoms with Gasteiger partial charge in [0.05, 0.1) is 28.7 Å². The molecule has 1 fully saturated rings. The van der Waals surface area contributed by atoms with Gasteiger partial charge in [0.1, 0.15) is 18.3 Å². The Hall–Kier alpha value is -4.68. The number of carbonyl (C=O) groups excluding carboxylic acids is 5. The number of hydrogen-bond donors (Lipinski definition) is 2. The molecule has 1 atom stereocenters. The number of aryl methyl sites for hydroxylation is 2. The maximum atomic E-state index is 13.1. The quantitative estimate of drug-likeness (QED) is 0.488. The molecule has 3 aromatic rings. The summed E-state index contributed by atoms with van der Waals surface area (Å²) < 4.78 is 3.01. The van der Waals surface area contributed by atoms with E-state index in [1.54, 1.807) is 24.1 Å². The Bertz CT molecular complexity index is 1420. The zero-order chi connectivity index (χ0) is 24.9. The molecule has 0 aliphatic carbocycles. The fourth-order valence-corrected chi connectivity index (χ4v) is 4.31. The van der Waals surface area contributed by atoms with E-state index in [0.29, 0.717) is 5.69 Å². The van der Waals surface area contributed by atoms with Crippen LogP contribution in [0.1, 0.15) is 39.3 Å². The number of hydrogen-bond acceptors (Lipinski definition) is 8. The number of nitrogens with zero attached hydrogens (tertiary/aromatic N) is 6. The van der Waals surface area contributed by atoms with Gasteiger partial charge in [-0.25, -0.2) is 4.68 Å². The van der Waals surface area contributed by atoms with Gasteiger partial charge in [0, 0.05) is 25.2 Å². The largest absolute Gasteiger partial charge is 0.324 e. The molecule has 1 unspecified atom stereocenters. The number of fused-ring (bicyclic) bond motifs is 1. The van der Waals surface area contributed by atoms with Gasteiger partial charge in [-0.15, -0.1) is 5.10 Å². The molecule has 4 heterocycles. The third-order valence-corrected chi connectivity index (χ3v) is 5.88. The van der Waals surface area contributed by atoms with E-state index in [2.05, 4.69) is 26.0 Å². The van der Waals surface area contributed by atoms with Gasteiger partial charge in [0.25, 0.3) is 11.8 Å². The Balaban J connectivity index is 1.34. The van der Waals surface area contributed by atoms with Gasteiger partial charge < -0.3 is 5.32 Å². The van der Waals surface area contributed by atoms with Gasteiger partial charge in [-0.3, -0.25) is 38.9 Å². The molecule has 5 amide bonds. The first kappa shape index (κ1) is 22.1. The molecule has 0 saturated carbocycles. The summed E-state index contributed by atoms with van der Waals surface area (Å²) in [5.41, 5.74) is 2.34. The highest BCUT2D eigenvalue weighted by Gasteiger charge is 2.45. The number of benzene rings is 1. The first-order valence-corrected chi connectivity index (χ1v) is 10.8. The van der Waals surface area contributed by atoms with Crippen molar-refractivity contribution < 1.29 is 24.0 Å². The lowest BCUT2D eigenvalue weighted by Gasteiger charge is -2.27. The van der Waals surface area contributed by atoms with E-state index in [1.807, 2.05) is 6.92 Å². The van der Waals surface area contributed by atoms with Crippen molar-refractivity contribution in [2.24, 2.45) is 7.05 Å². The van der Waals surface area contributed by atoms with Gasteiger partial charge >= 0.3 is 0 Å². The fourth-order valence-electron chi connectivity index (χ4n) is 4.31. The molecule has 0 radical (unpaired) electrons. The van der Waals surface area contributed by atoms with Crippen LogP contribution >= 0.6 is 0 Å². The topological polar surface area (TPSA) is 161 Å². The second-order valence-electron chi connectivity index (χ2n) is 8.33. The summed E-state index contributed by atoms with van der Waals surface area (Å²) in [6, 6.07) is 3.40. The number of aromatic nitrogens is 5. The highest BCUT2D eigenvalue weighted by Crippen LogP contribution is 2.32. The van der Waals surface area contributed by atoms with Crippen LogP contribution < -0.4 is 10.6 Å². The minimum absolute atomic E-state index is 0.000754. The van der Waals surface area contributed by atoms with Crippen molar-refractivity contribution in [3.8, 4) is 11.3 Å². The van der Waals surface area contributed by atoms with Crippen LogP contribution in [0.5, 0.6) is 0 Å². The molecule has 5 rings (SSSR count). The van der Waals surface area contributed by atoms with Crippen molar-refractivity contribution in [1.82, 2.24) is 35.0 Å². The van der Waals surface area contributed by atoms with Crippen LogP contribution in [0.25, 0.3) is 11.3 Å². The number of amides is 5. The lowest BCUT2D eigenvalue weighted by Crippen LogP contribution is -2.54. The fraction of sp³-hybridized carbons (Fsp3) is 0.273. The summed E-state index contributed by atoms with van der Waals surface area (Å²) in [6.45, 7) is 1.66. The average Bonchev–Trinajstić information content (AvgIpc) is 3.46. The van der Waals surface area contributed by atoms with E-state index in [4.69, 9.17) is 0 Å². The Morgan fingerprint density at radius 1 is 1.14 bits per heavy atom. The van der Waals surface area contributed by atoms with Crippen LogP contribution in [0.4, 0.5) is 5.69 Å². The van der Waals surface area contributed by atoms with E-state index in [-0.39, 0.29) is 36.2 Å². The zero-order valence-corrected chi connectivity index (χ0v) is 18.8. The van der Waals surface area contributed by atoms with Gasteiger partial charge in [-0.2, -0.15) is 5.10 Å². The summed E-state index contributed by atoms with van der Waals surface area (Å²) in [6.07, 6.45) is 3.47. The Morgan fingerprint density at radius 3 is 2.66 bits per heavy atom. The highest BCUT2D eigenvalue weighted by molar-refractivity contribution is 6.26. The van der Waals surface area contributed by atoms with Gasteiger partial charge in [0.2, 0.25) is 17.7 Å². The molecule has 178 valence electrons. The monoisotopic (exact) mass is 476 g/mol. The van der Waals surface area contributed by atoms with Gasteiger partial charge in [0.15, 0.2) is 0 Å². The second kappa shape index (κ2) is 8.27. The number of imide groups is 2. The molecule has 1 aromatic carbocycles. The molecule has 35 heavy (non-hydrogen) atoms. The van der Waals surface area contributed by atoms with E-state index in [1.165, 1.54) is 22.9 Å². The summed E-state index contributed by atoms with van der Waals surface area (Å²) in [5.74, 6) is -3.00. The van der Waals surface area contributed by atoms with Crippen LogP contribution in [0.3, 0.4) is 0 Å². The maximum absolute atomic E-state index is 13.1. The van der Waals surface area contributed by atoms with Crippen molar-refractivity contribution in [2.75, 3.05) is 5.32 Å². The first-order valence-electron chi connectivity index (χ1n) is 10.8. The molecular formula is C22H20N8O5. The van der Waals surface area contributed by atoms with Crippen molar-refractivity contribution in [3.05, 3.63) is 47.4 Å². The number of nitrogens with one attached hydrogen (secondary N) is 2. The number of anilines is 1. The molecule has 0 spiro atoms. The normalized spacial score (nSPS) is 17.5. The molecule has 2 aromatic heterocycles. The lowest BCUT2D eigenvalue weighted by molar-refractivity contribution is -0.136. The molecule has 13 heteroatoms. The minimum atomic E-state index is -1.09. The van der Waals surface area contributed by atoms with Crippen LogP contribution in [0.2, 0.25) is 0 Å². The molecule has 2 aliphatic heterocycles. The number of rotatable bonds is 5. The van der Waals surface area contributed by atoms with Gasteiger partial charge in [-0.1, -0.05) is 11.3 Å². The molecule has 2 aliphatic rings. The molecular weight excluding hydrogens is 456 g/mol. The van der Waals surface area contributed by atoms with E-state index in [0.717, 1.165) is 16.2 Å². The molecule has 13 nitrogen and oxygen atoms in total. The summed E-state index contributed by atoms with van der Waals surface area (Å²) in [4.78, 5) is 63.4. The standard InChI is InChI=1S/C22H20N8O5/c1-11-13(8-28(2)26-11)15-9-29(27-25-15)10-18(32)23-14-5-3-4-12-19(14)22(35)30(21(12)34)16-6-7-17(31)24-20(16)33/h3-5,8-9,16H,6-7,10H2,1-2H3,(H,23,32)(H,24,31,33). The predicted molar refractivity (Wildman–Crippen MR) is 119 cm³/mol. The van der Waals surface area contributed by atoms with E-state index < -0.39 is 35.6 Å². The van der Waals surface area contributed by atoms with Crippen molar-refractivity contribution in [1.29, 1.82) is 0 Å². The third-order valence-electron chi connectivity index (χ3n) is 5.88. The second-order valence-corrected chi connectivity index (χ2v) is 8.33. The number of carbonyl (C=O) groups is 5. The van der Waals surface area contributed by atoms with Crippen LogP contribution in [-0.4, -0.2) is 65.3 Å². The summed E-state index contributed by atoms with van der Waals surface area (Å²) in [7, 11) is 1.79. The third kappa shape index (κ3) is 3.86. The van der Waals surface area contributed by atoms with Crippen molar-refractivity contribution in [3.63, 3.8) is 0 Å². The van der Waals surface area contributed by atoms with Gasteiger partial charge in [-0.05, 0) is 25.5 Å². The smallest absolute Gasteiger partial charge is 0.264 e. The predicted octanol–water partition coefficient (Wildman–Crippen LogP) is 0.0269. The summed E-state index contributed by atoms with van der Waals surface area (Å²) in [5, 5.41) is 17.1. The highest BCUT2D eigenvalue weighted by atomic mass is 16.2. The van der Waals surface area contributed by atoms with E-state index >= 15 is 0 Å². The Kier molecular flexibility index (Phi) is 5.23. The molecule has 1 saturated heterocycles. The Morgan fingerprint density at radius 2 is 1.94 bits per heavy atom. The Labute approximate surface area is 198 Å². The SMILES string of the molecule is Cc1nn(C)cc1-c1cn(CC(=O)Nc2cccc3c2C(=O)N(C2CCC(=O)NC2=O)C3=O)nn1. The van der Waals surface area contributed by atoms with Crippen molar-refractivity contribution in [2.45, 2.75) is 32.4 Å². The average molecular weight is 476 g/mol. The lowest BCUT2D eigenvalue weighted by atomic mass is 10.0. The number of piperidine rings is 1. The van der Waals surface area contributed by atoms with Crippen LogP contribution in [-0.2, 0) is 28.0 Å². The summed E-state index contributed by atoms with van der Waals surface area (Å²) >= 11 is 0. The van der Waals surface area contributed by atoms with Crippen molar-refractivity contribution >= 4 is 35.2 Å². The first-order chi connectivity index (χ1) is 16.7. The van der Waals surface area contributed by atoms with E-state index in [9.17, 15) is 24.0 Å². The molecule has 2 N–H and O–H groups in total. The maximum Gasteiger partial charge on any atom is 0.264 e. The molecule has 0 bridgehead atoms. The van der Waals surface area contributed by atoms with Crippen LogP contribution in [0, 0.1) is 6.92 Å². The van der Waals surface area contributed by atoms with Crippen LogP contribution in [0.15, 0.2) is 30.6 Å². The zero-order valence-electron chi connectivity index (χ0n) is 18.8. The minimum Gasteiger partial charge on any atom is -0.324 e.